The topological polar surface area (TPSA) is 56.8 Å². The van der Waals surface area contributed by atoms with Gasteiger partial charge >= 0.3 is 5.97 Å². The summed E-state index contributed by atoms with van der Waals surface area (Å²) in [7, 11) is 2.91. The average molecular weight is 265 g/mol. The maximum atomic E-state index is 11.7. The van der Waals surface area contributed by atoms with Gasteiger partial charge in [-0.25, -0.2) is 4.79 Å². The van der Waals surface area contributed by atoms with Gasteiger partial charge in [-0.15, -0.1) is 0 Å². The molecule has 1 N–H and O–H groups in total. The smallest absolute Gasteiger partial charge is 0.341 e. The molecule has 1 atom stereocenters. The summed E-state index contributed by atoms with van der Waals surface area (Å²) in [6.07, 6.45) is 1.09. The van der Waals surface area contributed by atoms with Crippen LogP contribution in [0, 0.1) is 5.92 Å². The molecule has 1 aliphatic rings. The van der Waals surface area contributed by atoms with E-state index in [1.165, 1.54) is 7.11 Å². The minimum absolute atomic E-state index is 0.396. The van der Waals surface area contributed by atoms with Gasteiger partial charge in [0.15, 0.2) is 11.5 Å². The standard InChI is InChI=1S/C14H19NO4/c1-17-12-5-3-4-11(14(16)18-2)13(12)19-9-10-6-7-15-8-10/h3-5,10,15H,6-9H2,1-2H3. The lowest BCUT2D eigenvalue weighted by Crippen LogP contribution is -2.17. The van der Waals surface area contributed by atoms with Crippen LogP contribution in [-0.2, 0) is 4.74 Å². The van der Waals surface area contributed by atoms with E-state index in [0.717, 1.165) is 19.5 Å². The first kappa shape index (κ1) is 13.7. The number of hydrogen-bond donors (Lipinski definition) is 1. The maximum Gasteiger partial charge on any atom is 0.341 e. The van der Waals surface area contributed by atoms with Crippen molar-refractivity contribution in [2.45, 2.75) is 6.42 Å². The molecule has 5 nitrogen and oxygen atoms in total. The summed E-state index contributed by atoms with van der Waals surface area (Å²) in [5, 5.41) is 3.28. The fourth-order valence-electron chi connectivity index (χ4n) is 2.15. The molecular formula is C14H19NO4. The highest BCUT2D eigenvalue weighted by molar-refractivity contribution is 5.93. The summed E-state index contributed by atoms with van der Waals surface area (Å²) in [6, 6.07) is 5.19. The third kappa shape index (κ3) is 3.17. The highest BCUT2D eigenvalue weighted by Gasteiger charge is 2.20. The Morgan fingerprint density at radius 1 is 1.42 bits per heavy atom. The SMILES string of the molecule is COC(=O)c1cccc(OC)c1OCC1CCNC1. The third-order valence-electron chi connectivity index (χ3n) is 3.23. The summed E-state index contributed by atoms with van der Waals surface area (Å²) in [4.78, 5) is 11.7. The van der Waals surface area contributed by atoms with Gasteiger partial charge in [0, 0.05) is 12.5 Å². The normalized spacial score (nSPS) is 18.1. The van der Waals surface area contributed by atoms with E-state index >= 15 is 0 Å². The first-order valence-corrected chi connectivity index (χ1v) is 6.35. The molecule has 1 aromatic carbocycles. The van der Waals surface area contributed by atoms with E-state index in [-0.39, 0.29) is 0 Å². The van der Waals surface area contributed by atoms with Crippen molar-refractivity contribution in [1.29, 1.82) is 0 Å². The number of esters is 1. The Morgan fingerprint density at radius 2 is 2.26 bits per heavy atom. The molecule has 0 saturated carbocycles. The van der Waals surface area contributed by atoms with Crippen LogP contribution < -0.4 is 14.8 Å². The van der Waals surface area contributed by atoms with Gasteiger partial charge in [0.2, 0.25) is 0 Å². The van der Waals surface area contributed by atoms with E-state index in [1.54, 1.807) is 25.3 Å². The van der Waals surface area contributed by atoms with Crippen LogP contribution in [0.1, 0.15) is 16.8 Å². The molecule has 2 rings (SSSR count). The molecule has 0 spiro atoms. The number of hydrogen-bond acceptors (Lipinski definition) is 5. The zero-order valence-electron chi connectivity index (χ0n) is 11.3. The predicted octanol–water partition coefficient (Wildman–Crippen LogP) is 1.47. The minimum atomic E-state index is -0.418. The van der Waals surface area contributed by atoms with Gasteiger partial charge < -0.3 is 19.5 Å². The van der Waals surface area contributed by atoms with Crippen LogP contribution in [0.3, 0.4) is 0 Å². The summed E-state index contributed by atoms with van der Waals surface area (Å²) in [6.45, 7) is 2.53. The van der Waals surface area contributed by atoms with Crippen LogP contribution in [-0.4, -0.2) is 39.9 Å². The lowest BCUT2D eigenvalue weighted by atomic mass is 10.1. The number of methoxy groups -OCH3 is 2. The first-order chi connectivity index (χ1) is 9.26. The Morgan fingerprint density at radius 3 is 2.89 bits per heavy atom. The van der Waals surface area contributed by atoms with Crippen molar-refractivity contribution in [2.75, 3.05) is 33.9 Å². The Balaban J connectivity index is 2.17. The van der Waals surface area contributed by atoms with Gasteiger partial charge in [0.05, 0.1) is 20.8 Å². The molecule has 1 fully saturated rings. The fourth-order valence-corrected chi connectivity index (χ4v) is 2.15. The maximum absolute atomic E-state index is 11.7. The molecular weight excluding hydrogens is 246 g/mol. The highest BCUT2D eigenvalue weighted by Crippen LogP contribution is 2.32. The molecule has 19 heavy (non-hydrogen) atoms. The van der Waals surface area contributed by atoms with Gasteiger partial charge in [0.1, 0.15) is 5.56 Å². The molecule has 0 bridgehead atoms. The van der Waals surface area contributed by atoms with Crippen molar-refractivity contribution in [1.82, 2.24) is 5.32 Å². The number of nitrogens with one attached hydrogen (secondary N) is 1. The Hall–Kier alpha value is -1.75. The molecule has 1 saturated heterocycles. The number of para-hydroxylation sites is 1. The summed E-state index contributed by atoms with van der Waals surface area (Å²) in [5.41, 5.74) is 0.396. The van der Waals surface area contributed by atoms with Crippen LogP contribution in [0.4, 0.5) is 0 Å². The second-order valence-corrected chi connectivity index (χ2v) is 4.50. The quantitative estimate of drug-likeness (QED) is 0.817. The number of ether oxygens (including phenoxy) is 3. The molecule has 0 radical (unpaired) electrons. The average Bonchev–Trinajstić information content (AvgIpc) is 2.97. The molecule has 0 aromatic heterocycles. The second kappa shape index (κ2) is 6.43. The number of carbonyl (C=O) groups is 1. The van der Waals surface area contributed by atoms with Crippen LogP contribution in [0.5, 0.6) is 11.5 Å². The summed E-state index contributed by atoms with van der Waals surface area (Å²) < 4.78 is 15.8. The molecule has 1 aromatic rings. The van der Waals surface area contributed by atoms with Crippen LogP contribution in [0.25, 0.3) is 0 Å². The van der Waals surface area contributed by atoms with E-state index in [4.69, 9.17) is 14.2 Å². The van der Waals surface area contributed by atoms with Gasteiger partial charge in [-0.2, -0.15) is 0 Å². The predicted molar refractivity (Wildman–Crippen MR) is 70.8 cm³/mol. The fraction of sp³-hybridized carbons (Fsp3) is 0.500. The van der Waals surface area contributed by atoms with Gasteiger partial charge in [-0.05, 0) is 25.1 Å². The van der Waals surface area contributed by atoms with Crippen LogP contribution in [0.15, 0.2) is 18.2 Å². The minimum Gasteiger partial charge on any atom is -0.493 e. The van der Waals surface area contributed by atoms with E-state index in [9.17, 15) is 4.79 Å². The van der Waals surface area contributed by atoms with Gasteiger partial charge in [-0.1, -0.05) is 6.07 Å². The monoisotopic (exact) mass is 265 g/mol. The molecule has 0 aliphatic carbocycles. The number of rotatable bonds is 5. The van der Waals surface area contributed by atoms with Crippen molar-refractivity contribution in [2.24, 2.45) is 5.92 Å². The molecule has 0 amide bonds. The lowest BCUT2D eigenvalue weighted by molar-refractivity contribution is 0.0594. The molecule has 1 aliphatic heterocycles. The van der Waals surface area contributed by atoms with Crippen molar-refractivity contribution >= 4 is 5.97 Å². The van der Waals surface area contributed by atoms with E-state index in [1.807, 2.05) is 0 Å². The van der Waals surface area contributed by atoms with E-state index in [2.05, 4.69) is 5.32 Å². The Labute approximate surface area is 112 Å². The Bertz CT molecular complexity index is 441. The highest BCUT2D eigenvalue weighted by atomic mass is 16.5. The van der Waals surface area contributed by atoms with Crippen LogP contribution >= 0.6 is 0 Å². The third-order valence-corrected chi connectivity index (χ3v) is 3.23. The van der Waals surface area contributed by atoms with Gasteiger partial charge in [0.25, 0.3) is 0 Å². The van der Waals surface area contributed by atoms with Crippen molar-refractivity contribution in [3.63, 3.8) is 0 Å². The summed E-state index contributed by atoms with van der Waals surface area (Å²) >= 11 is 0. The lowest BCUT2D eigenvalue weighted by Gasteiger charge is -2.16. The number of benzene rings is 1. The van der Waals surface area contributed by atoms with E-state index < -0.39 is 5.97 Å². The van der Waals surface area contributed by atoms with Crippen molar-refractivity contribution in [3.05, 3.63) is 23.8 Å². The molecule has 104 valence electrons. The first-order valence-electron chi connectivity index (χ1n) is 6.35. The number of carbonyl (C=O) groups excluding carboxylic acids is 1. The molecule has 5 heteroatoms. The Kier molecular flexibility index (Phi) is 4.63. The van der Waals surface area contributed by atoms with Crippen molar-refractivity contribution in [3.8, 4) is 11.5 Å². The second-order valence-electron chi connectivity index (χ2n) is 4.50. The van der Waals surface area contributed by atoms with Gasteiger partial charge in [-0.3, -0.25) is 0 Å². The zero-order valence-corrected chi connectivity index (χ0v) is 11.3. The molecule has 1 unspecified atom stereocenters. The van der Waals surface area contributed by atoms with Crippen LogP contribution in [0.2, 0.25) is 0 Å². The van der Waals surface area contributed by atoms with E-state index in [0.29, 0.717) is 29.6 Å². The zero-order chi connectivity index (χ0) is 13.7. The summed E-state index contributed by atoms with van der Waals surface area (Å²) in [5.74, 6) is 1.06. The largest absolute Gasteiger partial charge is 0.493 e. The molecule has 1 heterocycles. The van der Waals surface area contributed by atoms with Crippen molar-refractivity contribution < 1.29 is 19.0 Å².